The average Bonchev–Trinajstić information content (AvgIpc) is 3.00. The van der Waals surface area contributed by atoms with E-state index < -0.39 is 12.3 Å². The largest absolute Gasteiger partial charge is 0.493 e. The first-order chi connectivity index (χ1) is 20.3. The molecule has 0 spiro atoms. The van der Waals surface area contributed by atoms with Crippen molar-refractivity contribution in [3.05, 3.63) is 53.6 Å². The van der Waals surface area contributed by atoms with Crippen molar-refractivity contribution in [2.45, 2.75) is 77.9 Å². The number of methoxy groups -OCH3 is 4. The van der Waals surface area contributed by atoms with E-state index in [4.69, 9.17) is 28.4 Å². The summed E-state index contributed by atoms with van der Waals surface area (Å²) < 4.78 is 33.6. The molecule has 0 radical (unpaired) electrons. The van der Waals surface area contributed by atoms with Crippen LogP contribution in [0.4, 0.5) is 0 Å². The van der Waals surface area contributed by atoms with Gasteiger partial charge in [-0.2, -0.15) is 5.26 Å². The van der Waals surface area contributed by atoms with E-state index in [0.29, 0.717) is 57.4 Å². The van der Waals surface area contributed by atoms with E-state index in [9.17, 15) is 10.1 Å². The van der Waals surface area contributed by atoms with Gasteiger partial charge in [0.15, 0.2) is 23.0 Å². The fourth-order valence-corrected chi connectivity index (χ4v) is 4.40. The molecule has 0 aliphatic rings. The highest BCUT2D eigenvalue weighted by Crippen LogP contribution is 2.40. The Bertz CT molecular complexity index is 1220. The number of rotatable bonds is 19. The van der Waals surface area contributed by atoms with E-state index in [1.54, 1.807) is 43.3 Å². The zero-order valence-corrected chi connectivity index (χ0v) is 25.9. The smallest absolute Gasteiger partial charge is 0.336 e. The van der Waals surface area contributed by atoms with Crippen molar-refractivity contribution in [2.24, 2.45) is 0 Å². The van der Waals surface area contributed by atoms with Gasteiger partial charge in [0.05, 0.1) is 40.1 Å². The summed E-state index contributed by atoms with van der Waals surface area (Å²) in [5.74, 6) is 1.71. The highest BCUT2D eigenvalue weighted by molar-refractivity contribution is 5.91. The third kappa shape index (κ3) is 10.4. The van der Waals surface area contributed by atoms with Crippen LogP contribution in [0.15, 0.2) is 42.5 Å². The second-order valence-corrected chi connectivity index (χ2v) is 9.99. The standard InChI is InChI=1S/C34H45NO7/c1-8-9-10-11-12-13-14-15-16-32(42-34(36)24(2)3)41-28-18-17-25(20-29(28)37-4)19-27(23-35)26-21-30(38-5)33(40-7)31(22-26)39-6/h17-22,32H,2,8-16H2,1,3-7H3. The summed E-state index contributed by atoms with van der Waals surface area (Å²) in [5.41, 5.74) is 2.00. The quantitative estimate of drug-likeness (QED) is 0.0411. The molecule has 1 atom stereocenters. The van der Waals surface area contributed by atoms with E-state index in [0.717, 1.165) is 19.3 Å². The van der Waals surface area contributed by atoms with E-state index in [1.165, 1.54) is 60.5 Å². The van der Waals surface area contributed by atoms with Crippen molar-refractivity contribution < 1.29 is 33.2 Å². The number of esters is 1. The van der Waals surface area contributed by atoms with Gasteiger partial charge in [-0.15, -0.1) is 0 Å². The summed E-state index contributed by atoms with van der Waals surface area (Å²) in [6.07, 6.45) is 10.8. The minimum absolute atomic E-state index is 0.308. The second-order valence-electron chi connectivity index (χ2n) is 9.99. The molecule has 0 fully saturated rings. The lowest BCUT2D eigenvalue weighted by Gasteiger charge is -2.21. The summed E-state index contributed by atoms with van der Waals surface area (Å²) in [4.78, 5) is 12.3. The van der Waals surface area contributed by atoms with Crippen molar-refractivity contribution in [3.63, 3.8) is 0 Å². The maximum atomic E-state index is 12.3. The molecule has 8 heteroatoms. The molecule has 2 rings (SSSR count). The van der Waals surface area contributed by atoms with Gasteiger partial charge in [0.25, 0.3) is 0 Å². The van der Waals surface area contributed by atoms with Crippen LogP contribution >= 0.6 is 0 Å². The van der Waals surface area contributed by atoms with E-state index in [1.807, 2.05) is 0 Å². The number of ether oxygens (including phenoxy) is 6. The topological polar surface area (TPSA) is 96.2 Å². The summed E-state index contributed by atoms with van der Waals surface area (Å²) >= 11 is 0. The molecule has 0 amide bonds. The zero-order chi connectivity index (χ0) is 30.9. The monoisotopic (exact) mass is 579 g/mol. The zero-order valence-electron chi connectivity index (χ0n) is 25.9. The van der Waals surface area contributed by atoms with Crippen LogP contribution in [0.3, 0.4) is 0 Å². The molecule has 0 saturated heterocycles. The molecule has 42 heavy (non-hydrogen) atoms. The molecule has 0 heterocycles. The van der Waals surface area contributed by atoms with Crippen LogP contribution in [0.25, 0.3) is 11.6 Å². The number of allylic oxidation sites excluding steroid dienone is 1. The van der Waals surface area contributed by atoms with Crippen LogP contribution in [-0.2, 0) is 9.53 Å². The number of nitrogens with zero attached hydrogens (tertiary/aromatic N) is 1. The maximum Gasteiger partial charge on any atom is 0.336 e. The molecule has 0 bridgehead atoms. The average molecular weight is 580 g/mol. The minimum atomic E-state index is -0.779. The van der Waals surface area contributed by atoms with Crippen LogP contribution in [-0.4, -0.2) is 40.7 Å². The van der Waals surface area contributed by atoms with Crippen LogP contribution in [0.1, 0.15) is 82.8 Å². The number of hydrogen-bond donors (Lipinski definition) is 0. The molecule has 0 N–H and O–H groups in total. The minimum Gasteiger partial charge on any atom is -0.493 e. The van der Waals surface area contributed by atoms with Gasteiger partial charge in [-0.3, -0.25) is 0 Å². The Morgan fingerprint density at radius 2 is 1.45 bits per heavy atom. The maximum absolute atomic E-state index is 12.3. The molecule has 0 saturated carbocycles. The van der Waals surface area contributed by atoms with E-state index >= 15 is 0 Å². The van der Waals surface area contributed by atoms with Gasteiger partial charge in [0.2, 0.25) is 12.0 Å². The third-order valence-corrected chi connectivity index (χ3v) is 6.73. The Labute approximate surface area is 250 Å². The molecular weight excluding hydrogens is 534 g/mol. The fraction of sp³-hybridized carbons (Fsp3) is 0.471. The highest BCUT2D eigenvalue weighted by atomic mass is 16.7. The molecular formula is C34H45NO7. The normalized spacial score (nSPS) is 11.7. The molecule has 0 aromatic heterocycles. The Hall–Kier alpha value is -4.12. The molecule has 8 nitrogen and oxygen atoms in total. The number of carbonyl (C=O) groups excluding carboxylic acids is 1. The Morgan fingerprint density at radius 1 is 0.857 bits per heavy atom. The molecule has 2 aromatic carbocycles. The first-order valence-corrected chi connectivity index (χ1v) is 14.4. The lowest BCUT2D eigenvalue weighted by molar-refractivity contribution is -0.159. The summed E-state index contributed by atoms with van der Waals surface area (Å²) in [6.45, 7) is 7.51. The number of benzene rings is 2. The Balaban J connectivity index is 2.24. The predicted octanol–water partition coefficient (Wildman–Crippen LogP) is 8.14. The lowest BCUT2D eigenvalue weighted by Crippen LogP contribution is -2.25. The molecule has 0 aliphatic carbocycles. The first kappa shape index (κ1) is 34.1. The number of unbranched alkanes of at least 4 members (excludes halogenated alkanes) is 7. The van der Waals surface area contributed by atoms with Crippen molar-refractivity contribution >= 4 is 17.6 Å². The van der Waals surface area contributed by atoms with Gasteiger partial charge in [-0.1, -0.05) is 64.5 Å². The predicted molar refractivity (Wildman–Crippen MR) is 165 cm³/mol. The highest BCUT2D eigenvalue weighted by Gasteiger charge is 2.20. The van der Waals surface area contributed by atoms with Crippen molar-refractivity contribution in [1.82, 2.24) is 0 Å². The lowest BCUT2D eigenvalue weighted by atomic mass is 10.0. The van der Waals surface area contributed by atoms with Gasteiger partial charge in [0, 0.05) is 12.0 Å². The second kappa shape index (κ2) is 18.3. The van der Waals surface area contributed by atoms with Gasteiger partial charge in [-0.25, -0.2) is 4.79 Å². The van der Waals surface area contributed by atoms with Crippen molar-refractivity contribution in [2.75, 3.05) is 28.4 Å². The summed E-state index contributed by atoms with van der Waals surface area (Å²) in [5, 5.41) is 9.96. The van der Waals surface area contributed by atoms with Crippen molar-refractivity contribution in [1.29, 1.82) is 5.26 Å². The number of hydrogen-bond acceptors (Lipinski definition) is 8. The van der Waals surface area contributed by atoms with Crippen LogP contribution in [0, 0.1) is 11.3 Å². The summed E-state index contributed by atoms with van der Waals surface area (Å²) in [7, 11) is 6.11. The van der Waals surface area contributed by atoms with E-state index in [-0.39, 0.29) is 0 Å². The molecule has 1 unspecified atom stereocenters. The number of carbonyl (C=O) groups is 1. The first-order valence-electron chi connectivity index (χ1n) is 14.4. The molecule has 228 valence electrons. The van der Waals surface area contributed by atoms with Crippen LogP contribution in [0.5, 0.6) is 28.7 Å². The van der Waals surface area contributed by atoms with Crippen molar-refractivity contribution in [3.8, 4) is 34.8 Å². The van der Waals surface area contributed by atoms with Crippen LogP contribution < -0.4 is 23.7 Å². The molecule has 0 aliphatic heterocycles. The van der Waals surface area contributed by atoms with Gasteiger partial charge >= 0.3 is 5.97 Å². The Morgan fingerprint density at radius 3 is 1.98 bits per heavy atom. The Kier molecular flexibility index (Phi) is 14.9. The fourth-order valence-electron chi connectivity index (χ4n) is 4.40. The van der Waals surface area contributed by atoms with Gasteiger partial charge in [0.1, 0.15) is 0 Å². The van der Waals surface area contributed by atoms with Gasteiger partial charge < -0.3 is 28.4 Å². The van der Waals surface area contributed by atoms with Gasteiger partial charge in [-0.05, 0) is 54.8 Å². The third-order valence-electron chi connectivity index (χ3n) is 6.73. The van der Waals surface area contributed by atoms with Crippen LogP contribution in [0.2, 0.25) is 0 Å². The SMILES string of the molecule is C=C(C)C(=O)OC(CCCCCCCCCC)Oc1ccc(C=C(C#N)c2cc(OC)c(OC)c(OC)c2)cc1OC. The molecule has 2 aromatic rings. The van der Waals surface area contributed by atoms with E-state index in [2.05, 4.69) is 19.6 Å². The summed E-state index contributed by atoms with van der Waals surface area (Å²) in [6, 6.07) is 11.0. The number of nitriles is 1.